The zero-order valence-corrected chi connectivity index (χ0v) is 15.3. The van der Waals surface area contributed by atoms with Crippen molar-refractivity contribution in [1.82, 2.24) is 15.2 Å². The maximum atomic E-state index is 9.33. The lowest BCUT2D eigenvalue weighted by atomic mass is 10.1. The molecule has 0 saturated carbocycles. The molecule has 6 nitrogen and oxygen atoms in total. The number of pyridine rings is 1. The average Bonchev–Trinajstić information content (AvgIpc) is 2.70. The van der Waals surface area contributed by atoms with E-state index in [0.29, 0.717) is 5.75 Å². The summed E-state index contributed by atoms with van der Waals surface area (Å²) in [6.07, 6.45) is 3.85. The smallest absolute Gasteiger partial charge is 0.193 e. The van der Waals surface area contributed by atoms with Gasteiger partial charge in [0.25, 0.3) is 0 Å². The first-order valence-corrected chi connectivity index (χ1v) is 9.16. The number of aromatic nitrogens is 1. The molecule has 0 atom stereocenters. The fraction of sp³-hybridized carbons (Fsp3) is 0.400. The van der Waals surface area contributed by atoms with Crippen LogP contribution < -0.4 is 10.2 Å². The molecule has 0 amide bonds. The Kier molecular flexibility index (Phi) is 6.30. The van der Waals surface area contributed by atoms with Gasteiger partial charge in [-0.3, -0.25) is 4.99 Å². The van der Waals surface area contributed by atoms with Crippen LogP contribution in [0.3, 0.4) is 0 Å². The molecule has 138 valence electrons. The maximum absolute atomic E-state index is 9.33. The van der Waals surface area contributed by atoms with Gasteiger partial charge in [-0.25, -0.2) is 4.98 Å². The monoisotopic (exact) mass is 353 g/mol. The van der Waals surface area contributed by atoms with Crippen LogP contribution in [0.25, 0.3) is 0 Å². The molecular formula is C20H27N5O. The molecule has 6 heteroatoms. The van der Waals surface area contributed by atoms with Gasteiger partial charge in [0, 0.05) is 46.0 Å². The number of aromatic hydroxyl groups is 1. The molecule has 2 N–H and O–H groups in total. The molecular weight excluding hydrogens is 326 g/mol. The number of guanidine groups is 1. The molecule has 1 fully saturated rings. The van der Waals surface area contributed by atoms with Crippen molar-refractivity contribution in [1.29, 1.82) is 0 Å². The van der Waals surface area contributed by atoms with E-state index in [9.17, 15) is 5.11 Å². The molecule has 3 rings (SSSR count). The second-order valence-electron chi connectivity index (χ2n) is 6.41. The molecule has 1 aromatic carbocycles. The summed E-state index contributed by atoms with van der Waals surface area (Å²) < 4.78 is 0. The summed E-state index contributed by atoms with van der Waals surface area (Å²) in [6, 6.07) is 13.5. The van der Waals surface area contributed by atoms with Gasteiger partial charge in [0.1, 0.15) is 11.6 Å². The number of nitrogens with one attached hydrogen (secondary N) is 1. The lowest BCUT2D eigenvalue weighted by Gasteiger charge is -2.37. The van der Waals surface area contributed by atoms with E-state index in [1.807, 2.05) is 37.5 Å². The molecule has 1 aromatic heterocycles. The number of phenolic OH excluding ortho intramolecular Hbond substituents is 1. The molecule has 0 radical (unpaired) electrons. The summed E-state index contributed by atoms with van der Waals surface area (Å²) in [5.41, 5.74) is 1.24. The van der Waals surface area contributed by atoms with Crippen molar-refractivity contribution in [3.63, 3.8) is 0 Å². The van der Waals surface area contributed by atoms with E-state index in [2.05, 4.69) is 31.2 Å². The van der Waals surface area contributed by atoms with Gasteiger partial charge in [-0.15, -0.1) is 0 Å². The molecule has 0 spiro atoms. The number of hydrogen-bond donors (Lipinski definition) is 2. The van der Waals surface area contributed by atoms with Crippen molar-refractivity contribution < 1.29 is 5.11 Å². The summed E-state index contributed by atoms with van der Waals surface area (Å²) in [7, 11) is 1.84. The molecule has 1 aliphatic heterocycles. The molecule has 26 heavy (non-hydrogen) atoms. The Labute approximate surface area is 155 Å². The molecule has 0 aliphatic carbocycles. The van der Waals surface area contributed by atoms with Crippen LogP contribution in [0.15, 0.2) is 53.7 Å². The number of phenols is 1. The van der Waals surface area contributed by atoms with Crippen LogP contribution in [0.5, 0.6) is 5.75 Å². The summed E-state index contributed by atoms with van der Waals surface area (Å²) in [4.78, 5) is 13.5. The lowest BCUT2D eigenvalue weighted by molar-refractivity contribution is 0.371. The predicted octanol–water partition coefficient (Wildman–Crippen LogP) is 2.12. The second kappa shape index (κ2) is 9.08. The first kappa shape index (κ1) is 18.0. The minimum atomic E-state index is 0.317. The highest BCUT2D eigenvalue weighted by atomic mass is 16.3. The van der Waals surface area contributed by atoms with Crippen molar-refractivity contribution in [3.8, 4) is 5.75 Å². The molecule has 2 heterocycles. The second-order valence-corrected chi connectivity index (χ2v) is 6.41. The summed E-state index contributed by atoms with van der Waals surface area (Å²) in [6.45, 7) is 4.66. The molecule has 0 unspecified atom stereocenters. The van der Waals surface area contributed by atoms with E-state index in [4.69, 9.17) is 0 Å². The Bertz CT molecular complexity index is 694. The first-order valence-electron chi connectivity index (χ1n) is 9.16. The number of nitrogens with zero attached hydrogens (tertiary/aromatic N) is 4. The Morgan fingerprint density at radius 3 is 2.54 bits per heavy atom. The zero-order chi connectivity index (χ0) is 18.2. The van der Waals surface area contributed by atoms with Crippen molar-refractivity contribution in [2.75, 3.05) is 44.7 Å². The van der Waals surface area contributed by atoms with Crippen LogP contribution in [0.4, 0.5) is 5.82 Å². The van der Waals surface area contributed by atoms with Crippen molar-refractivity contribution >= 4 is 11.8 Å². The lowest BCUT2D eigenvalue weighted by Crippen LogP contribution is -2.52. The number of benzene rings is 1. The average molecular weight is 353 g/mol. The van der Waals surface area contributed by atoms with E-state index in [-0.39, 0.29) is 0 Å². The summed E-state index contributed by atoms with van der Waals surface area (Å²) in [5.74, 6) is 2.33. The third kappa shape index (κ3) is 4.88. The Morgan fingerprint density at radius 1 is 1.12 bits per heavy atom. The minimum absolute atomic E-state index is 0.317. The van der Waals surface area contributed by atoms with E-state index >= 15 is 0 Å². The quantitative estimate of drug-likeness (QED) is 0.490. The fourth-order valence-corrected chi connectivity index (χ4v) is 3.18. The number of piperazine rings is 1. The van der Waals surface area contributed by atoms with Gasteiger partial charge in [0.05, 0.1) is 0 Å². The molecule has 0 bridgehead atoms. The van der Waals surface area contributed by atoms with Gasteiger partial charge in [0.15, 0.2) is 5.96 Å². The molecule has 2 aromatic rings. The molecule has 1 saturated heterocycles. The Balaban J connectivity index is 1.41. The number of aryl methyl sites for hydroxylation is 1. The third-order valence-corrected chi connectivity index (χ3v) is 4.63. The SMILES string of the molecule is CN=C(NCCCc1ccc(O)cc1)N1CCN(c2ccccn2)CC1. The fourth-order valence-electron chi connectivity index (χ4n) is 3.18. The largest absolute Gasteiger partial charge is 0.508 e. The van der Waals surface area contributed by atoms with Crippen LogP contribution in [0.1, 0.15) is 12.0 Å². The van der Waals surface area contributed by atoms with E-state index < -0.39 is 0 Å². The van der Waals surface area contributed by atoms with Gasteiger partial charge < -0.3 is 20.2 Å². The highest BCUT2D eigenvalue weighted by Crippen LogP contribution is 2.13. The minimum Gasteiger partial charge on any atom is -0.508 e. The third-order valence-electron chi connectivity index (χ3n) is 4.63. The predicted molar refractivity (Wildman–Crippen MR) is 106 cm³/mol. The highest BCUT2D eigenvalue weighted by Gasteiger charge is 2.20. The van der Waals surface area contributed by atoms with Crippen molar-refractivity contribution in [3.05, 3.63) is 54.2 Å². The van der Waals surface area contributed by atoms with Crippen molar-refractivity contribution in [2.24, 2.45) is 4.99 Å². The van der Waals surface area contributed by atoms with Crippen molar-refractivity contribution in [2.45, 2.75) is 12.8 Å². The van der Waals surface area contributed by atoms with Crippen LogP contribution in [-0.2, 0) is 6.42 Å². The highest BCUT2D eigenvalue weighted by molar-refractivity contribution is 5.80. The summed E-state index contributed by atoms with van der Waals surface area (Å²) >= 11 is 0. The van der Waals surface area contributed by atoms with Gasteiger partial charge in [0.2, 0.25) is 0 Å². The van der Waals surface area contributed by atoms with Gasteiger partial charge in [-0.05, 0) is 42.7 Å². The standard InChI is InChI=1S/C20H27N5O/c1-21-20(23-12-4-5-17-7-9-18(26)10-8-17)25-15-13-24(14-16-25)19-6-2-3-11-22-19/h2-3,6-11,26H,4-5,12-16H2,1H3,(H,21,23). The number of anilines is 1. The maximum Gasteiger partial charge on any atom is 0.193 e. The van der Waals surface area contributed by atoms with E-state index in [0.717, 1.165) is 57.3 Å². The van der Waals surface area contributed by atoms with Crippen LogP contribution in [-0.4, -0.2) is 60.7 Å². The van der Waals surface area contributed by atoms with Gasteiger partial charge in [-0.2, -0.15) is 0 Å². The van der Waals surface area contributed by atoms with Crippen LogP contribution in [0.2, 0.25) is 0 Å². The number of rotatable bonds is 5. The number of aliphatic imine (C=N–C) groups is 1. The Hall–Kier alpha value is -2.76. The first-order chi connectivity index (χ1) is 12.8. The van der Waals surface area contributed by atoms with Gasteiger partial charge >= 0.3 is 0 Å². The summed E-state index contributed by atoms with van der Waals surface area (Å²) in [5, 5.41) is 12.8. The normalized spacial score (nSPS) is 15.2. The van der Waals surface area contributed by atoms with E-state index in [1.54, 1.807) is 12.1 Å². The van der Waals surface area contributed by atoms with Gasteiger partial charge in [-0.1, -0.05) is 18.2 Å². The van der Waals surface area contributed by atoms with Crippen LogP contribution >= 0.6 is 0 Å². The zero-order valence-electron chi connectivity index (χ0n) is 15.3. The number of hydrogen-bond acceptors (Lipinski definition) is 4. The van der Waals surface area contributed by atoms with E-state index in [1.165, 1.54) is 5.56 Å². The Morgan fingerprint density at radius 2 is 1.88 bits per heavy atom. The molecule has 1 aliphatic rings. The van der Waals surface area contributed by atoms with Crippen LogP contribution in [0, 0.1) is 0 Å². The topological polar surface area (TPSA) is 64.0 Å².